The van der Waals surface area contributed by atoms with Crippen molar-refractivity contribution < 1.29 is 19.4 Å². The van der Waals surface area contributed by atoms with E-state index in [4.69, 9.17) is 16.3 Å². The normalized spacial score (nSPS) is 25.8. The van der Waals surface area contributed by atoms with Crippen LogP contribution >= 0.6 is 11.6 Å². The van der Waals surface area contributed by atoms with E-state index in [1.165, 1.54) is 0 Å². The number of carboxylic acid groups (broad SMARTS) is 1. The van der Waals surface area contributed by atoms with E-state index in [2.05, 4.69) is 4.98 Å². The number of rotatable bonds is 2. The van der Waals surface area contributed by atoms with Crippen LogP contribution in [0.15, 0.2) is 30.5 Å². The van der Waals surface area contributed by atoms with E-state index in [0.29, 0.717) is 47.7 Å². The van der Waals surface area contributed by atoms with Crippen molar-refractivity contribution in [3.63, 3.8) is 0 Å². The maximum atomic E-state index is 13.1. The minimum atomic E-state index is -0.913. The third-order valence-electron chi connectivity index (χ3n) is 5.37. The van der Waals surface area contributed by atoms with Gasteiger partial charge in [0, 0.05) is 37.2 Å². The van der Waals surface area contributed by atoms with Crippen LogP contribution in [0.25, 0.3) is 10.9 Å². The number of carbonyl (C=O) groups excluding carboxylic acids is 1. The number of benzene rings is 1. The lowest BCUT2D eigenvalue weighted by molar-refractivity contribution is -0.157. The number of nitrogens with zero attached hydrogens (tertiary/aromatic N) is 2. The summed E-state index contributed by atoms with van der Waals surface area (Å²) in [4.78, 5) is 30.9. The number of ether oxygens (including phenoxy) is 1. The number of pyridine rings is 1. The third-order valence-corrected chi connectivity index (χ3v) is 5.70. The minimum Gasteiger partial charge on any atom is -0.481 e. The van der Waals surface area contributed by atoms with E-state index < -0.39 is 11.4 Å². The molecule has 2 aromatic rings. The van der Waals surface area contributed by atoms with Crippen molar-refractivity contribution in [3.8, 4) is 0 Å². The fraction of sp³-hybridized carbons (Fsp3) is 0.389. The van der Waals surface area contributed by atoms with Gasteiger partial charge in [-0.05, 0) is 30.7 Å². The van der Waals surface area contributed by atoms with E-state index in [9.17, 15) is 14.7 Å². The molecule has 0 spiro atoms. The molecule has 1 aromatic carbocycles. The molecule has 2 aliphatic heterocycles. The highest BCUT2D eigenvalue weighted by molar-refractivity contribution is 6.36. The number of hydrogen-bond donors (Lipinski definition) is 1. The van der Waals surface area contributed by atoms with E-state index in [-0.39, 0.29) is 18.4 Å². The highest BCUT2D eigenvalue weighted by atomic mass is 35.5. The molecule has 2 fully saturated rings. The molecule has 4 rings (SSSR count). The van der Waals surface area contributed by atoms with E-state index in [1.54, 1.807) is 29.3 Å². The van der Waals surface area contributed by atoms with Gasteiger partial charge in [0.25, 0.3) is 5.91 Å². The monoisotopic (exact) mass is 360 g/mol. The standard InChI is InChI=1S/C18H17ClN2O4/c19-14-4-3-13(15-12(14)2-1-6-20-15)16(22)21-8-11-9-25-7-5-18(11,10-21)17(23)24/h1-4,6,11H,5,7-10H2,(H,23,24)/t11-,18+/m0/s1. The molecule has 0 aliphatic carbocycles. The number of aliphatic carboxylic acids is 1. The van der Waals surface area contributed by atoms with Crippen LogP contribution in [0.2, 0.25) is 5.02 Å². The topological polar surface area (TPSA) is 79.7 Å². The SMILES string of the molecule is O=C(c1ccc(Cl)c2cccnc12)N1C[C@H]2COCC[C@@]2(C(=O)O)C1. The number of hydrogen-bond acceptors (Lipinski definition) is 4. The van der Waals surface area contributed by atoms with Gasteiger partial charge >= 0.3 is 5.97 Å². The summed E-state index contributed by atoms with van der Waals surface area (Å²) < 4.78 is 5.45. The fourth-order valence-electron chi connectivity index (χ4n) is 3.93. The summed E-state index contributed by atoms with van der Waals surface area (Å²) >= 11 is 6.20. The molecule has 0 bridgehead atoms. The molecule has 1 amide bonds. The first-order valence-corrected chi connectivity index (χ1v) is 8.54. The Morgan fingerprint density at radius 3 is 2.96 bits per heavy atom. The summed E-state index contributed by atoms with van der Waals surface area (Å²) in [5.74, 6) is -1.25. The maximum absolute atomic E-state index is 13.1. The van der Waals surface area contributed by atoms with Gasteiger partial charge < -0.3 is 14.7 Å². The van der Waals surface area contributed by atoms with Crippen molar-refractivity contribution in [2.75, 3.05) is 26.3 Å². The molecule has 0 radical (unpaired) electrons. The zero-order valence-electron chi connectivity index (χ0n) is 13.4. The Hall–Kier alpha value is -2.18. The van der Waals surface area contributed by atoms with Crippen molar-refractivity contribution in [2.45, 2.75) is 6.42 Å². The molecule has 2 atom stereocenters. The van der Waals surface area contributed by atoms with Gasteiger partial charge in [0.05, 0.1) is 28.1 Å². The zero-order valence-corrected chi connectivity index (χ0v) is 14.2. The van der Waals surface area contributed by atoms with E-state index in [0.717, 1.165) is 0 Å². The molecule has 2 aliphatic rings. The Labute approximate surface area is 149 Å². The number of amides is 1. The molecule has 0 saturated carbocycles. The zero-order chi connectivity index (χ0) is 17.6. The Balaban J connectivity index is 1.71. The fourth-order valence-corrected chi connectivity index (χ4v) is 4.15. The van der Waals surface area contributed by atoms with E-state index in [1.807, 2.05) is 6.07 Å². The smallest absolute Gasteiger partial charge is 0.311 e. The summed E-state index contributed by atoms with van der Waals surface area (Å²) in [5.41, 5.74) is 0.0689. The lowest BCUT2D eigenvalue weighted by atomic mass is 9.74. The van der Waals surface area contributed by atoms with Crippen molar-refractivity contribution >= 4 is 34.4 Å². The molecule has 1 N–H and O–H groups in total. The number of aromatic nitrogens is 1. The maximum Gasteiger partial charge on any atom is 0.311 e. The predicted molar refractivity (Wildman–Crippen MR) is 91.7 cm³/mol. The highest BCUT2D eigenvalue weighted by Gasteiger charge is 2.55. The van der Waals surface area contributed by atoms with Crippen molar-refractivity contribution in [1.29, 1.82) is 0 Å². The average Bonchev–Trinajstić information content (AvgIpc) is 3.03. The van der Waals surface area contributed by atoms with Crippen LogP contribution in [-0.2, 0) is 9.53 Å². The second kappa shape index (κ2) is 5.97. The van der Waals surface area contributed by atoms with Gasteiger partial charge in [-0.1, -0.05) is 11.6 Å². The first-order chi connectivity index (χ1) is 12.0. The van der Waals surface area contributed by atoms with Gasteiger partial charge in [-0.25, -0.2) is 0 Å². The van der Waals surface area contributed by atoms with Crippen LogP contribution in [0.3, 0.4) is 0 Å². The number of carboxylic acids is 1. The van der Waals surface area contributed by atoms with Gasteiger partial charge in [0.1, 0.15) is 0 Å². The summed E-state index contributed by atoms with van der Waals surface area (Å²) in [6.45, 7) is 1.36. The van der Waals surface area contributed by atoms with Crippen LogP contribution < -0.4 is 0 Å². The van der Waals surface area contributed by atoms with Crippen molar-refractivity contribution in [3.05, 3.63) is 41.0 Å². The molecule has 2 saturated heterocycles. The number of fused-ring (bicyclic) bond motifs is 2. The lowest BCUT2D eigenvalue weighted by Gasteiger charge is -2.33. The van der Waals surface area contributed by atoms with Crippen LogP contribution in [0, 0.1) is 11.3 Å². The Kier molecular flexibility index (Phi) is 3.89. The average molecular weight is 361 g/mol. The summed E-state index contributed by atoms with van der Waals surface area (Å²) in [6, 6.07) is 6.92. The Morgan fingerprint density at radius 2 is 2.20 bits per heavy atom. The summed E-state index contributed by atoms with van der Waals surface area (Å²) in [5, 5.41) is 11.0. The highest BCUT2D eigenvalue weighted by Crippen LogP contribution is 2.43. The Morgan fingerprint density at radius 1 is 1.36 bits per heavy atom. The molecule has 6 nitrogen and oxygen atoms in total. The largest absolute Gasteiger partial charge is 0.481 e. The number of halogens is 1. The van der Waals surface area contributed by atoms with Gasteiger partial charge in [-0.15, -0.1) is 0 Å². The third kappa shape index (κ3) is 2.48. The molecule has 3 heterocycles. The number of likely N-dealkylation sites (tertiary alicyclic amines) is 1. The second-order valence-corrected chi connectivity index (χ2v) is 7.07. The lowest BCUT2D eigenvalue weighted by Crippen LogP contribution is -2.45. The first kappa shape index (κ1) is 16.3. The van der Waals surface area contributed by atoms with Crippen molar-refractivity contribution in [1.82, 2.24) is 9.88 Å². The Bertz CT molecular complexity index is 871. The summed E-state index contributed by atoms with van der Waals surface area (Å²) in [6.07, 6.45) is 2.04. The summed E-state index contributed by atoms with van der Waals surface area (Å²) in [7, 11) is 0. The molecular weight excluding hydrogens is 344 g/mol. The van der Waals surface area contributed by atoms with Crippen LogP contribution in [-0.4, -0.2) is 53.2 Å². The molecule has 130 valence electrons. The van der Waals surface area contributed by atoms with Crippen LogP contribution in [0.4, 0.5) is 0 Å². The van der Waals surface area contributed by atoms with Crippen molar-refractivity contribution in [2.24, 2.45) is 11.3 Å². The van der Waals surface area contributed by atoms with Gasteiger partial charge in [-0.2, -0.15) is 0 Å². The molecule has 7 heteroatoms. The molecule has 25 heavy (non-hydrogen) atoms. The van der Waals surface area contributed by atoms with Crippen LogP contribution in [0.5, 0.6) is 0 Å². The number of carbonyl (C=O) groups is 2. The van der Waals surface area contributed by atoms with Gasteiger partial charge in [-0.3, -0.25) is 14.6 Å². The van der Waals surface area contributed by atoms with Gasteiger partial charge in [0.15, 0.2) is 0 Å². The minimum absolute atomic E-state index is 0.186. The van der Waals surface area contributed by atoms with Gasteiger partial charge in [0.2, 0.25) is 0 Å². The molecule has 1 aromatic heterocycles. The van der Waals surface area contributed by atoms with Crippen LogP contribution in [0.1, 0.15) is 16.8 Å². The second-order valence-electron chi connectivity index (χ2n) is 6.66. The molecular formula is C18H17ClN2O4. The predicted octanol–water partition coefficient (Wildman–Crippen LogP) is 2.45. The first-order valence-electron chi connectivity index (χ1n) is 8.16. The quantitative estimate of drug-likeness (QED) is 0.889. The van der Waals surface area contributed by atoms with E-state index >= 15 is 0 Å². The molecule has 0 unspecified atom stereocenters.